The van der Waals surface area contributed by atoms with E-state index < -0.39 is 30.1 Å². The Balaban J connectivity index is 2.68. The minimum atomic E-state index is -0.826. The van der Waals surface area contributed by atoms with Crippen LogP contribution in [0.5, 0.6) is 0 Å². The molecule has 0 radical (unpaired) electrons. The van der Waals surface area contributed by atoms with Gasteiger partial charge in [-0.15, -0.1) is 0 Å². The van der Waals surface area contributed by atoms with Crippen molar-refractivity contribution in [3.63, 3.8) is 0 Å². The van der Waals surface area contributed by atoms with Gasteiger partial charge in [0.15, 0.2) is 0 Å². The van der Waals surface area contributed by atoms with Crippen LogP contribution in [0.2, 0.25) is 0 Å². The highest BCUT2D eigenvalue weighted by molar-refractivity contribution is 5.89. The maximum Gasteiger partial charge on any atom is 0.408 e. The van der Waals surface area contributed by atoms with E-state index >= 15 is 0 Å². The highest BCUT2D eigenvalue weighted by Crippen LogP contribution is 2.09. The van der Waals surface area contributed by atoms with Crippen LogP contribution in [0.3, 0.4) is 0 Å². The molecule has 2 atom stereocenters. The molecule has 0 saturated heterocycles. The van der Waals surface area contributed by atoms with Crippen molar-refractivity contribution in [1.29, 1.82) is 0 Å². The Labute approximate surface area is 160 Å². The minimum absolute atomic E-state index is 0.108. The second-order valence-electron chi connectivity index (χ2n) is 7.14. The number of ether oxygens (including phenoxy) is 2. The summed E-state index contributed by atoms with van der Waals surface area (Å²) in [4.78, 5) is 36.6. The van der Waals surface area contributed by atoms with E-state index in [0.29, 0.717) is 6.42 Å². The lowest BCUT2D eigenvalue weighted by atomic mass is 10.0. The van der Waals surface area contributed by atoms with Gasteiger partial charge in [0.05, 0.1) is 7.11 Å². The Morgan fingerprint density at radius 2 is 1.63 bits per heavy atom. The molecule has 1 aromatic rings. The number of hydrogen-bond acceptors (Lipinski definition) is 5. The molecule has 1 rings (SSSR count). The fourth-order valence-electron chi connectivity index (χ4n) is 2.52. The van der Waals surface area contributed by atoms with Gasteiger partial charge < -0.3 is 20.1 Å². The van der Waals surface area contributed by atoms with Crippen LogP contribution < -0.4 is 10.6 Å². The molecule has 7 heteroatoms. The van der Waals surface area contributed by atoms with Crippen LogP contribution in [0.1, 0.15) is 39.7 Å². The van der Waals surface area contributed by atoms with Crippen molar-refractivity contribution in [1.82, 2.24) is 10.6 Å². The van der Waals surface area contributed by atoms with Gasteiger partial charge in [-0.2, -0.15) is 0 Å². The van der Waals surface area contributed by atoms with E-state index in [9.17, 15) is 14.4 Å². The summed E-state index contributed by atoms with van der Waals surface area (Å²) < 4.78 is 9.93. The molecule has 0 aromatic heterocycles. The second-order valence-corrected chi connectivity index (χ2v) is 7.14. The van der Waals surface area contributed by atoms with Gasteiger partial charge in [-0.05, 0) is 23.8 Å². The largest absolute Gasteiger partial charge is 0.467 e. The highest BCUT2D eigenvalue weighted by atomic mass is 16.5. The zero-order valence-electron chi connectivity index (χ0n) is 16.7. The van der Waals surface area contributed by atoms with E-state index in [1.807, 2.05) is 44.2 Å². The van der Waals surface area contributed by atoms with Gasteiger partial charge in [-0.1, -0.05) is 58.0 Å². The number of esters is 1. The Kier molecular flexibility index (Phi) is 9.33. The number of carbonyl (C=O) groups is 3. The first-order valence-electron chi connectivity index (χ1n) is 9.10. The van der Waals surface area contributed by atoms with Crippen LogP contribution in [0.4, 0.5) is 4.79 Å². The van der Waals surface area contributed by atoms with Gasteiger partial charge in [-0.25, -0.2) is 9.59 Å². The fourth-order valence-corrected chi connectivity index (χ4v) is 2.52. The average molecular weight is 378 g/mol. The van der Waals surface area contributed by atoms with Crippen LogP contribution in [-0.4, -0.2) is 37.2 Å². The van der Waals surface area contributed by atoms with Crippen LogP contribution in [0.25, 0.3) is 0 Å². The quantitative estimate of drug-likeness (QED) is 0.644. The van der Waals surface area contributed by atoms with Gasteiger partial charge in [0.1, 0.15) is 18.7 Å². The van der Waals surface area contributed by atoms with Crippen LogP contribution in [0.15, 0.2) is 30.3 Å². The SMILES string of the molecule is COC(=O)[C@@H](CC(C)C)NC(=O)[C@@H](NC(=O)OCc1ccccc1)C(C)C. The molecule has 0 aliphatic rings. The zero-order chi connectivity index (χ0) is 20.4. The number of nitrogens with one attached hydrogen (secondary N) is 2. The van der Waals surface area contributed by atoms with Crippen molar-refractivity contribution in [2.75, 3.05) is 7.11 Å². The number of hydrogen-bond donors (Lipinski definition) is 2. The zero-order valence-corrected chi connectivity index (χ0v) is 16.7. The summed E-state index contributed by atoms with van der Waals surface area (Å²) in [7, 11) is 1.28. The molecule has 0 fully saturated rings. The number of carbonyl (C=O) groups excluding carboxylic acids is 3. The highest BCUT2D eigenvalue weighted by Gasteiger charge is 2.30. The van der Waals surface area contributed by atoms with Gasteiger partial charge in [0.2, 0.25) is 5.91 Å². The van der Waals surface area contributed by atoms with Crippen molar-refractivity contribution in [3.8, 4) is 0 Å². The average Bonchev–Trinajstić information content (AvgIpc) is 2.63. The van der Waals surface area contributed by atoms with Crippen molar-refractivity contribution in [2.45, 2.75) is 52.8 Å². The summed E-state index contributed by atoms with van der Waals surface area (Å²) in [6, 6.07) is 7.67. The molecular weight excluding hydrogens is 348 g/mol. The van der Waals surface area contributed by atoms with Crippen molar-refractivity contribution in [3.05, 3.63) is 35.9 Å². The summed E-state index contributed by atoms with van der Waals surface area (Å²) in [6.45, 7) is 7.61. The monoisotopic (exact) mass is 378 g/mol. The van der Waals surface area contributed by atoms with Crippen molar-refractivity contribution < 1.29 is 23.9 Å². The Morgan fingerprint density at radius 3 is 2.15 bits per heavy atom. The third-order valence-electron chi connectivity index (χ3n) is 3.94. The lowest BCUT2D eigenvalue weighted by Gasteiger charge is -2.25. The lowest BCUT2D eigenvalue weighted by molar-refractivity contribution is -0.145. The second kappa shape index (κ2) is 11.2. The van der Waals surface area contributed by atoms with Gasteiger partial charge in [-0.3, -0.25) is 4.79 Å². The van der Waals surface area contributed by atoms with E-state index in [0.717, 1.165) is 5.56 Å². The summed E-state index contributed by atoms with van der Waals surface area (Å²) in [5.41, 5.74) is 0.848. The van der Waals surface area contributed by atoms with E-state index in [1.165, 1.54) is 7.11 Å². The number of amides is 2. The molecule has 2 N–H and O–H groups in total. The van der Waals surface area contributed by atoms with Crippen LogP contribution >= 0.6 is 0 Å². The van der Waals surface area contributed by atoms with E-state index in [1.54, 1.807) is 13.8 Å². The Bertz CT molecular complexity index is 616. The molecule has 2 amide bonds. The summed E-state index contributed by atoms with van der Waals surface area (Å²) in [6.07, 6.45) is -0.243. The van der Waals surface area contributed by atoms with Crippen LogP contribution in [0, 0.1) is 11.8 Å². The molecule has 150 valence electrons. The number of benzene rings is 1. The van der Waals surface area contributed by atoms with Gasteiger partial charge in [0.25, 0.3) is 0 Å². The van der Waals surface area contributed by atoms with E-state index in [2.05, 4.69) is 10.6 Å². The van der Waals surface area contributed by atoms with Crippen LogP contribution in [-0.2, 0) is 25.7 Å². The Hall–Kier alpha value is -2.57. The molecule has 0 bridgehead atoms. The molecule has 0 aliphatic carbocycles. The normalized spacial score (nSPS) is 13.0. The summed E-state index contributed by atoms with van der Waals surface area (Å²) >= 11 is 0. The third kappa shape index (κ3) is 8.11. The number of rotatable bonds is 9. The van der Waals surface area contributed by atoms with Crippen molar-refractivity contribution in [2.24, 2.45) is 11.8 Å². The van der Waals surface area contributed by atoms with E-state index in [-0.39, 0.29) is 18.4 Å². The van der Waals surface area contributed by atoms with E-state index in [4.69, 9.17) is 9.47 Å². The first-order valence-corrected chi connectivity index (χ1v) is 9.10. The smallest absolute Gasteiger partial charge is 0.408 e. The summed E-state index contributed by atoms with van der Waals surface area (Å²) in [5.74, 6) is -0.953. The maximum absolute atomic E-state index is 12.6. The molecular formula is C20H30N2O5. The number of methoxy groups -OCH3 is 1. The molecule has 27 heavy (non-hydrogen) atoms. The predicted octanol–water partition coefficient (Wildman–Crippen LogP) is 2.64. The van der Waals surface area contributed by atoms with Crippen molar-refractivity contribution >= 4 is 18.0 Å². The topological polar surface area (TPSA) is 93.7 Å². The third-order valence-corrected chi connectivity index (χ3v) is 3.94. The molecule has 0 unspecified atom stereocenters. The molecule has 0 aliphatic heterocycles. The molecule has 0 heterocycles. The maximum atomic E-state index is 12.6. The molecule has 0 spiro atoms. The molecule has 7 nitrogen and oxygen atoms in total. The summed E-state index contributed by atoms with van der Waals surface area (Å²) in [5, 5.41) is 5.25. The standard InChI is InChI=1S/C20H30N2O5/c1-13(2)11-16(19(24)26-5)21-18(23)17(14(3)4)22-20(25)27-12-15-9-7-6-8-10-15/h6-10,13-14,16-17H,11-12H2,1-5H3,(H,21,23)(H,22,25)/t16-,17+/m1/s1. The molecule has 0 saturated carbocycles. The van der Waals surface area contributed by atoms with Gasteiger partial charge in [0, 0.05) is 0 Å². The first-order chi connectivity index (χ1) is 12.7. The van der Waals surface area contributed by atoms with Gasteiger partial charge >= 0.3 is 12.1 Å². The number of alkyl carbamates (subject to hydrolysis) is 1. The Morgan fingerprint density at radius 1 is 1.00 bits per heavy atom. The first kappa shape index (κ1) is 22.5. The fraction of sp³-hybridized carbons (Fsp3) is 0.550. The lowest BCUT2D eigenvalue weighted by Crippen LogP contribution is -2.54. The minimum Gasteiger partial charge on any atom is -0.467 e. The molecule has 1 aromatic carbocycles. The predicted molar refractivity (Wildman–Crippen MR) is 102 cm³/mol.